The van der Waals surface area contributed by atoms with Gasteiger partial charge in [-0.25, -0.2) is 13.1 Å². The Balaban J connectivity index is 2.42. The quantitative estimate of drug-likeness (QED) is 0.717. The molecule has 0 unspecified atom stereocenters. The molecular weight excluding hydrogens is 266 g/mol. The third-order valence-corrected chi connectivity index (χ3v) is 3.77. The zero-order chi connectivity index (χ0) is 14.3. The third-order valence-electron chi connectivity index (χ3n) is 2.36. The molecule has 106 valence electrons. The van der Waals surface area contributed by atoms with Crippen LogP contribution in [0.5, 0.6) is 0 Å². The molecule has 0 aliphatic heterocycles. The number of hydrogen-bond acceptors (Lipinski definition) is 4. The molecular formula is C12H19N3O3S. The summed E-state index contributed by atoms with van der Waals surface area (Å²) >= 11 is 0. The average Bonchev–Trinajstić information content (AvgIpc) is 2.37. The van der Waals surface area contributed by atoms with Crippen molar-refractivity contribution in [1.29, 1.82) is 0 Å². The van der Waals surface area contributed by atoms with Crippen molar-refractivity contribution in [2.75, 3.05) is 33.7 Å². The monoisotopic (exact) mass is 285 g/mol. The summed E-state index contributed by atoms with van der Waals surface area (Å²) in [6.07, 6.45) is 0. The van der Waals surface area contributed by atoms with Crippen molar-refractivity contribution in [3.05, 3.63) is 30.3 Å². The van der Waals surface area contributed by atoms with E-state index in [2.05, 4.69) is 10.0 Å². The number of likely N-dealkylation sites (N-methyl/N-ethyl adjacent to an activating group) is 1. The van der Waals surface area contributed by atoms with Crippen LogP contribution in [0.15, 0.2) is 35.2 Å². The minimum Gasteiger partial charge on any atom is -0.354 e. The molecule has 0 spiro atoms. The molecule has 0 atom stereocenters. The molecule has 1 amide bonds. The molecule has 0 aliphatic carbocycles. The van der Waals surface area contributed by atoms with Gasteiger partial charge < -0.3 is 10.2 Å². The lowest BCUT2D eigenvalue weighted by molar-refractivity contribution is -0.119. The maximum atomic E-state index is 11.8. The van der Waals surface area contributed by atoms with E-state index >= 15 is 0 Å². The first-order valence-corrected chi connectivity index (χ1v) is 7.36. The van der Waals surface area contributed by atoms with Crippen LogP contribution in [0.4, 0.5) is 0 Å². The Morgan fingerprint density at radius 1 is 1.21 bits per heavy atom. The van der Waals surface area contributed by atoms with Gasteiger partial charge in [-0.3, -0.25) is 4.79 Å². The van der Waals surface area contributed by atoms with Crippen LogP contribution in [0.25, 0.3) is 0 Å². The number of carbonyl (C=O) groups is 1. The summed E-state index contributed by atoms with van der Waals surface area (Å²) in [5.74, 6) is -0.346. The first-order valence-electron chi connectivity index (χ1n) is 5.88. The third kappa shape index (κ3) is 5.82. The Morgan fingerprint density at radius 2 is 1.84 bits per heavy atom. The Labute approximate surface area is 113 Å². The van der Waals surface area contributed by atoms with E-state index in [9.17, 15) is 13.2 Å². The van der Waals surface area contributed by atoms with Crippen LogP contribution >= 0.6 is 0 Å². The second-order valence-electron chi connectivity index (χ2n) is 4.29. The van der Waals surface area contributed by atoms with E-state index in [0.29, 0.717) is 13.1 Å². The zero-order valence-corrected chi connectivity index (χ0v) is 11.9. The number of sulfonamides is 1. The van der Waals surface area contributed by atoms with Crippen LogP contribution in [0.1, 0.15) is 0 Å². The zero-order valence-electron chi connectivity index (χ0n) is 11.1. The molecule has 0 bridgehead atoms. The Bertz CT molecular complexity index is 500. The highest BCUT2D eigenvalue weighted by Gasteiger charge is 2.14. The summed E-state index contributed by atoms with van der Waals surface area (Å²) in [4.78, 5) is 13.5. The van der Waals surface area contributed by atoms with Gasteiger partial charge in [-0.15, -0.1) is 0 Å². The Kier molecular flexibility index (Phi) is 5.94. The van der Waals surface area contributed by atoms with Crippen molar-refractivity contribution in [3.63, 3.8) is 0 Å². The molecule has 6 nitrogen and oxygen atoms in total. The SMILES string of the molecule is CN(C)CCNC(=O)CNS(=O)(=O)c1ccccc1. The number of hydrogen-bond donors (Lipinski definition) is 2. The van der Waals surface area contributed by atoms with Gasteiger partial charge in [-0.1, -0.05) is 18.2 Å². The summed E-state index contributed by atoms with van der Waals surface area (Å²) in [6, 6.07) is 7.95. The van der Waals surface area contributed by atoms with Crippen LogP contribution in [0.3, 0.4) is 0 Å². The van der Waals surface area contributed by atoms with Crippen LogP contribution < -0.4 is 10.0 Å². The molecule has 0 aliphatic rings. The molecule has 2 N–H and O–H groups in total. The van der Waals surface area contributed by atoms with Crippen molar-refractivity contribution in [3.8, 4) is 0 Å². The molecule has 19 heavy (non-hydrogen) atoms. The van der Waals surface area contributed by atoms with Gasteiger partial charge in [0.25, 0.3) is 0 Å². The fourth-order valence-corrected chi connectivity index (χ4v) is 2.33. The number of rotatable bonds is 7. The smallest absolute Gasteiger partial charge is 0.241 e. The van der Waals surface area contributed by atoms with E-state index in [1.54, 1.807) is 18.2 Å². The Hall–Kier alpha value is -1.44. The molecule has 0 radical (unpaired) electrons. The number of nitrogens with zero attached hydrogens (tertiary/aromatic N) is 1. The van der Waals surface area contributed by atoms with Crippen LogP contribution in [-0.2, 0) is 14.8 Å². The van der Waals surface area contributed by atoms with E-state index in [1.807, 2.05) is 19.0 Å². The molecule has 0 heterocycles. The first-order chi connectivity index (χ1) is 8.92. The summed E-state index contributed by atoms with van der Waals surface area (Å²) in [7, 11) is 0.168. The maximum Gasteiger partial charge on any atom is 0.241 e. The van der Waals surface area contributed by atoms with Gasteiger partial charge in [0.05, 0.1) is 11.4 Å². The lowest BCUT2D eigenvalue weighted by Gasteiger charge is -2.11. The van der Waals surface area contributed by atoms with Gasteiger partial charge in [-0.05, 0) is 26.2 Å². The molecule has 0 saturated carbocycles. The molecule has 7 heteroatoms. The van der Waals surface area contributed by atoms with Gasteiger partial charge in [0.15, 0.2) is 0 Å². The fourth-order valence-electron chi connectivity index (χ4n) is 1.32. The summed E-state index contributed by atoms with van der Waals surface area (Å²) < 4.78 is 25.9. The minimum absolute atomic E-state index is 0.149. The number of benzene rings is 1. The lowest BCUT2D eigenvalue weighted by atomic mass is 10.4. The molecule has 1 aromatic rings. The van der Waals surface area contributed by atoms with Gasteiger partial charge >= 0.3 is 0 Å². The summed E-state index contributed by atoms with van der Waals surface area (Å²) in [5, 5.41) is 2.63. The number of nitrogens with one attached hydrogen (secondary N) is 2. The lowest BCUT2D eigenvalue weighted by Crippen LogP contribution is -2.39. The van der Waals surface area contributed by atoms with E-state index in [4.69, 9.17) is 0 Å². The predicted molar refractivity (Wildman–Crippen MR) is 73.2 cm³/mol. The van der Waals surface area contributed by atoms with Gasteiger partial charge in [-0.2, -0.15) is 0 Å². The average molecular weight is 285 g/mol. The highest BCUT2D eigenvalue weighted by Crippen LogP contribution is 2.06. The summed E-state index contributed by atoms with van der Waals surface area (Å²) in [6.45, 7) is 0.931. The molecule has 0 fully saturated rings. The number of carbonyl (C=O) groups excluding carboxylic acids is 1. The van der Waals surface area contributed by atoms with Crippen molar-refractivity contribution in [1.82, 2.24) is 14.9 Å². The van der Waals surface area contributed by atoms with Crippen molar-refractivity contribution >= 4 is 15.9 Å². The van der Waals surface area contributed by atoms with E-state index < -0.39 is 10.0 Å². The molecule has 1 rings (SSSR count). The molecule has 0 saturated heterocycles. The van der Waals surface area contributed by atoms with Crippen molar-refractivity contribution in [2.24, 2.45) is 0 Å². The van der Waals surface area contributed by atoms with Crippen LogP contribution in [0, 0.1) is 0 Å². The minimum atomic E-state index is -3.62. The topological polar surface area (TPSA) is 78.5 Å². The van der Waals surface area contributed by atoms with Crippen molar-refractivity contribution in [2.45, 2.75) is 4.90 Å². The fraction of sp³-hybridized carbons (Fsp3) is 0.417. The normalized spacial score (nSPS) is 11.5. The van der Waals surface area contributed by atoms with Crippen molar-refractivity contribution < 1.29 is 13.2 Å². The highest BCUT2D eigenvalue weighted by molar-refractivity contribution is 7.89. The van der Waals surface area contributed by atoms with Gasteiger partial charge in [0, 0.05) is 13.1 Å². The first kappa shape index (κ1) is 15.6. The predicted octanol–water partition coefficient (Wildman–Crippen LogP) is -0.357. The van der Waals surface area contributed by atoms with Crippen LogP contribution in [-0.4, -0.2) is 53.0 Å². The van der Waals surface area contributed by atoms with E-state index in [0.717, 1.165) is 0 Å². The standard InChI is InChI=1S/C12H19N3O3S/c1-15(2)9-8-13-12(16)10-14-19(17,18)11-6-4-3-5-7-11/h3-7,14H,8-10H2,1-2H3,(H,13,16). The van der Waals surface area contributed by atoms with E-state index in [-0.39, 0.29) is 17.3 Å². The summed E-state index contributed by atoms with van der Waals surface area (Å²) in [5.41, 5.74) is 0. The largest absolute Gasteiger partial charge is 0.354 e. The Morgan fingerprint density at radius 3 is 2.42 bits per heavy atom. The van der Waals surface area contributed by atoms with Crippen LogP contribution in [0.2, 0.25) is 0 Å². The maximum absolute atomic E-state index is 11.8. The van der Waals surface area contributed by atoms with Gasteiger partial charge in [0.2, 0.25) is 15.9 Å². The number of amides is 1. The molecule has 0 aromatic heterocycles. The second-order valence-corrected chi connectivity index (χ2v) is 6.06. The van der Waals surface area contributed by atoms with Gasteiger partial charge in [0.1, 0.15) is 0 Å². The highest BCUT2D eigenvalue weighted by atomic mass is 32.2. The molecule has 1 aromatic carbocycles. The van der Waals surface area contributed by atoms with E-state index in [1.165, 1.54) is 12.1 Å². The second kappa shape index (κ2) is 7.22.